The van der Waals surface area contributed by atoms with E-state index >= 15 is 0 Å². The monoisotopic (exact) mass is 465 g/mol. The van der Waals surface area contributed by atoms with E-state index in [-0.39, 0.29) is 11.2 Å². The highest BCUT2D eigenvalue weighted by Gasteiger charge is 2.24. The van der Waals surface area contributed by atoms with Crippen LogP contribution in [0.2, 0.25) is 0 Å². The van der Waals surface area contributed by atoms with Crippen LogP contribution in [0.3, 0.4) is 0 Å². The van der Waals surface area contributed by atoms with Gasteiger partial charge in [-0.25, -0.2) is 0 Å². The topological polar surface area (TPSA) is 83.6 Å². The molecule has 0 saturated carbocycles. The number of thioether (sulfide) groups is 1. The molecule has 32 heavy (non-hydrogen) atoms. The van der Waals surface area contributed by atoms with E-state index in [1.165, 1.54) is 28.6 Å². The number of nitrogens with zero attached hydrogens (tertiary/aromatic N) is 4. The van der Waals surface area contributed by atoms with Crippen LogP contribution >= 0.6 is 23.1 Å². The van der Waals surface area contributed by atoms with E-state index in [1.807, 2.05) is 25.1 Å². The average Bonchev–Trinajstić information content (AvgIpc) is 3.24. The van der Waals surface area contributed by atoms with Crippen molar-refractivity contribution in [1.29, 1.82) is 5.26 Å². The molecule has 6 nitrogen and oxygen atoms in total. The quantitative estimate of drug-likeness (QED) is 0.382. The first kappa shape index (κ1) is 22.6. The maximum absolute atomic E-state index is 13.0. The number of thiophene rings is 1. The highest BCUT2D eigenvalue weighted by atomic mass is 32.2. The van der Waals surface area contributed by atoms with Gasteiger partial charge in [0.15, 0.2) is 5.16 Å². The van der Waals surface area contributed by atoms with E-state index in [1.54, 1.807) is 11.3 Å². The third-order valence-electron chi connectivity index (χ3n) is 5.74. The minimum Gasteiger partial charge on any atom is -0.316 e. The van der Waals surface area contributed by atoms with Crippen LogP contribution in [0.1, 0.15) is 60.5 Å². The molecule has 8 heteroatoms. The van der Waals surface area contributed by atoms with E-state index in [9.17, 15) is 10.1 Å². The van der Waals surface area contributed by atoms with Gasteiger partial charge in [0.05, 0.1) is 10.8 Å². The van der Waals surface area contributed by atoms with Crippen molar-refractivity contribution >= 4 is 34.0 Å². The summed E-state index contributed by atoms with van der Waals surface area (Å²) in [5, 5.41) is 22.5. The second-order valence-corrected chi connectivity index (χ2v) is 10.3. The fraction of sp³-hybridized carbons (Fsp3) is 0.417. The van der Waals surface area contributed by atoms with E-state index < -0.39 is 0 Å². The number of rotatable bonds is 7. The molecule has 166 valence electrons. The lowest BCUT2D eigenvalue weighted by atomic mass is 10.1. The van der Waals surface area contributed by atoms with Gasteiger partial charge >= 0.3 is 0 Å². The third-order valence-corrected chi connectivity index (χ3v) is 8.02. The van der Waals surface area contributed by atoms with Gasteiger partial charge in [-0.2, -0.15) is 5.26 Å². The minimum absolute atomic E-state index is 0.113. The van der Waals surface area contributed by atoms with Crippen LogP contribution in [-0.4, -0.2) is 25.9 Å². The Morgan fingerprint density at radius 3 is 2.78 bits per heavy atom. The van der Waals surface area contributed by atoms with Crippen molar-refractivity contribution in [2.24, 2.45) is 0 Å². The molecular formula is C24H27N5OS2. The van der Waals surface area contributed by atoms with Gasteiger partial charge in [-0.3, -0.25) is 4.79 Å². The number of hydrogen-bond acceptors (Lipinski definition) is 6. The molecule has 1 N–H and O–H groups in total. The number of fused-ring (bicyclic) bond motifs is 1. The third kappa shape index (κ3) is 4.89. The highest BCUT2D eigenvalue weighted by Crippen LogP contribution is 2.37. The Morgan fingerprint density at radius 1 is 1.25 bits per heavy atom. The Bertz CT molecular complexity index is 1130. The molecule has 0 spiro atoms. The zero-order valence-electron chi connectivity index (χ0n) is 18.4. The minimum atomic E-state index is -0.359. The fourth-order valence-corrected chi connectivity index (χ4v) is 6.18. The molecule has 1 atom stereocenters. The molecule has 1 aromatic carbocycles. The maximum Gasteiger partial charge on any atom is 0.238 e. The van der Waals surface area contributed by atoms with Crippen molar-refractivity contribution in [3.05, 3.63) is 57.7 Å². The molecule has 1 unspecified atom stereocenters. The van der Waals surface area contributed by atoms with Crippen molar-refractivity contribution in [2.45, 2.75) is 69.3 Å². The van der Waals surface area contributed by atoms with Crippen LogP contribution < -0.4 is 5.32 Å². The summed E-state index contributed by atoms with van der Waals surface area (Å²) in [4.78, 5) is 14.2. The Morgan fingerprint density at radius 2 is 2.03 bits per heavy atom. The van der Waals surface area contributed by atoms with E-state index in [0.717, 1.165) is 48.8 Å². The van der Waals surface area contributed by atoms with Gasteiger partial charge < -0.3 is 9.88 Å². The van der Waals surface area contributed by atoms with Crippen molar-refractivity contribution < 1.29 is 4.79 Å². The SMILES string of the molecule is CCn1c(Cc2ccccc2)nnc1SC(C)C(=O)Nc1sc2c(c1C#N)CCCCC2. The maximum atomic E-state index is 13.0. The number of carbonyl (C=O) groups excluding carboxylic acids is 1. The molecule has 4 rings (SSSR count). The number of amides is 1. The molecule has 0 aliphatic heterocycles. The number of hydrogen-bond donors (Lipinski definition) is 1. The summed E-state index contributed by atoms with van der Waals surface area (Å²) in [6.45, 7) is 4.67. The van der Waals surface area contributed by atoms with Crippen LogP contribution in [0, 0.1) is 11.3 Å². The second kappa shape index (κ2) is 10.3. The van der Waals surface area contributed by atoms with Gasteiger partial charge in [-0.1, -0.05) is 48.5 Å². The van der Waals surface area contributed by atoms with Gasteiger partial charge in [0.25, 0.3) is 0 Å². The van der Waals surface area contributed by atoms with Crippen LogP contribution in [0.15, 0.2) is 35.5 Å². The van der Waals surface area contributed by atoms with Gasteiger partial charge in [-0.15, -0.1) is 21.5 Å². The number of nitrogens with one attached hydrogen (secondary N) is 1. The van der Waals surface area contributed by atoms with E-state index in [2.05, 4.69) is 45.2 Å². The largest absolute Gasteiger partial charge is 0.316 e. The predicted octanol–water partition coefficient (Wildman–Crippen LogP) is 5.21. The van der Waals surface area contributed by atoms with Crippen molar-refractivity contribution in [3.8, 4) is 6.07 Å². The van der Waals surface area contributed by atoms with Crippen LogP contribution in [-0.2, 0) is 30.6 Å². The number of nitriles is 1. The number of anilines is 1. The van der Waals surface area contributed by atoms with E-state index in [4.69, 9.17) is 0 Å². The standard InChI is InChI=1S/C24H27N5OS2/c1-3-29-21(14-17-10-6-4-7-11-17)27-28-24(29)31-16(2)22(30)26-23-19(15-25)18-12-8-5-9-13-20(18)32-23/h4,6-7,10-11,16H,3,5,8-9,12-14H2,1-2H3,(H,26,30). The molecule has 1 amide bonds. The smallest absolute Gasteiger partial charge is 0.238 e. The fourth-order valence-electron chi connectivity index (χ4n) is 4.01. The Kier molecular flexibility index (Phi) is 7.28. The summed E-state index contributed by atoms with van der Waals surface area (Å²) < 4.78 is 2.06. The van der Waals surface area contributed by atoms with Gasteiger partial charge in [0, 0.05) is 17.8 Å². The number of aromatic nitrogens is 3. The lowest BCUT2D eigenvalue weighted by Gasteiger charge is -2.12. The van der Waals surface area contributed by atoms with Gasteiger partial charge in [0.1, 0.15) is 16.9 Å². The second-order valence-electron chi connectivity index (χ2n) is 7.94. The summed E-state index contributed by atoms with van der Waals surface area (Å²) in [6, 6.07) is 12.5. The van der Waals surface area contributed by atoms with Crippen molar-refractivity contribution in [1.82, 2.24) is 14.8 Å². The zero-order valence-corrected chi connectivity index (χ0v) is 20.1. The summed E-state index contributed by atoms with van der Waals surface area (Å²) in [6.07, 6.45) is 6.09. The predicted molar refractivity (Wildman–Crippen MR) is 129 cm³/mol. The molecule has 0 bridgehead atoms. The number of aryl methyl sites for hydroxylation is 1. The molecule has 3 aromatic rings. The van der Waals surface area contributed by atoms with Crippen LogP contribution in [0.25, 0.3) is 0 Å². The Labute approximate surface area is 197 Å². The molecule has 1 aliphatic carbocycles. The summed E-state index contributed by atoms with van der Waals surface area (Å²) >= 11 is 2.97. The lowest BCUT2D eigenvalue weighted by Crippen LogP contribution is -2.23. The first-order chi connectivity index (χ1) is 15.6. The first-order valence-electron chi connectivity index (χ1n) is 11.1. The molecule has 2 aromatic heterocycles. The lowest BCUT2D eigenvalue weighted by molar-refractivity contribution is -0.115. The van der Waals surface area contributed by atoms with Crippen molar-refractivity contribution in [3.63, 3.8) is 0 Å². The highest BCUT2D eigenvalue weighted by molar-refractivity contribution is 8.00. The van der Waals surface area contributed by atoms with Crippen LogP contribution in [0.4, 0.5) is 5.00 Å². The molecular weight excluding hydrogens is 438 g/mol. The summed E-state index contributed by atoms with van der Waals surface area (Å²) in [5.74, 6) is 0.778. The van der Waals surface area contributed by atoms with Crippen molar-refractivity contribution in [2.75, 3.05) is 5.32 Å². The summed E-state index contributed by atoms with van der Waals surface area (Å²) in [5.41, 5.74) is 2.97. The molecule has 1 aliphatic rings. The number of benzene rings is 1. The molecule has 0 fully saturated rings. The van der Waals surface area contributed by atoms with Gasteiger partial charge in [-0.05, 0) is 50.7 Å². The zero-order chi connectivity index (χ0) is 22.5. The molecule has 2 heterocycles. The Hall–Kier alpha value is -2.63. The van der Waals surface area contributed by atoms with Gasteiger partial charge in [0.2, 0.25) is 5.91 Å². The summed E-state index contributed by atoms with van der Waals surface area (Å²) in [7, 11) is 0. The molecule has 0 radical (unpaired) electrons. The first-order valence-corrected chi connectivity index (χ1v) is 12.8. The average molecular weight is 466 g/mol. The van der Waals surface area contributed by atoms with E-state index in [0.29, 0.717) is 17.0 Å². The number of carbonyl (C=O) groups is 1. The molecule has 0 saturated heterocycles. The normalized spacial score (nSPS) is 14.3. The Balaban J connectivity index is 1.46. The van der Waals surface area contributed by atoms with Crippen LogP contribution in [0.5, 0.6) is 0 Å².